The van der Waals surface area contributed by atoms with E-state index in [9.17, 15) is 15.0 Å². The molecule has 2 N–H and O–H groups in total. The van der Waals surface area contributed by atoms with Crippen LogP contribution < -0.4 is 9.47 Å². The summed E-state index contributed by atoms with van der Waals surface area (Å²) in [6, 6.07) is 5.22. The van der Waals surface area contributed by atoms with Crippen LogP contribution >= 0.6 is 0 Å². The summed E-state index contributed by atoms with van der Waals surface area (Å²) in [4.78, 5) is 20.5. The summed E-state index contributed by atoms with van der Waals surface area (Å²) >= 11 is 0. The Kier molecular flexibility index (Phi) is 13.5. The zero-order chi connectivity index (χ0) is 33.8. The number of rotatable bonds is 19. The number of aliphatic hydroxyl groups excluding tert-OH is 2. The molecule has 1 aromatic carbocycles. The number of benzene rings is 1. The second-order valence-electron chi connectivity index (χ2n) is 12.4. The van der Waals surface area contributed by atoms with Gasteiger partial charge in [0.05, 0.1) is 24.8 Å². The fraction of sp³-hybridized carbons (Fsp3) is 0.568. The number of likely N-dealkylation sites (N-methyl/N-ethyl adjacent to an activating group) is 1. The van der Waals surface area contributed by atoms with Crippen molar-refractivity contribution in [2.45, 2.75) is 69.1 Å². The molecule has 1 aliphatic heterocycles. The highest BCUT2D eigenvalue weighted by atomic mass is 16.7. The molecule has 0 saturated heterocycles. The van der Waals surface area contributed by atoms with Crippen molar-refractivity contribution in [3.05, 3.63) is 73.4 Å². The molecular formula is C37H52N2O8. The van der Waals surface area contributed by atoms with E-state index in [2.05, 4.69) is 37.0 Å². The van der Waals surface area contributed by atoms with Gasteiger partial charge in [-0.2, -0.15) is 0 Å². The average Bonchev–Trinajstić information content (AvgIpc) is 3.08. The van der Waals surface area contributed by atoms with E-state index in [1.54, 1.807) is 30.2 Å². The first-order valence-corrected chi connectivity index (χ1v) is 16.8. The van der Waals surface area contributed by atoms with Gasteiger partial charge in [-0.1, -0.05) is 48.9 Å². The first-order valence-electron chi connectivity index (χ1n) is 16.8. The predicted molar refractivity (Wildman–Crippen MR) is 182 cm³/mol. The quantitative estimate of drug-likeness (QED) is 0.104. The maximum Gasteiger partial charge on any atom is 0.409 e. The van der Waals surface area contributed by atoms with Gasteiger partial charge in [-0.05, 0) is 67.7 Å². The maximum atomic E-state index is 13.5. The molecule has 1 saturated carbocycles. The molecule has 4 rings (SSSR count). The second-order valence-corrected chi connectivity index (χ2v) is 12.4. The molecule has 2 aliphatic carbocycles. The summed E-state index contributed by atoms with van der Waals surface area (Å²) in [7, 11) is 3.23. The van der Waals surface area contributed by atoms with E-state index < -0.39 is 17.9 Å². The first kappa shape index (κ1) is 36.2. The van der Waals surface area contributed by atoms with E-state index in [1.807, 2.05) is 12.1 Å². The van der Waals surface area contributed by atoms with Gasteiger partial charge in [-0.15, -0.1) is 13.2 Å². The predicted octanol–water partition coefficient (Wildman–Crippen LogP) is 6.16. The minimum atomic E-state index is -1.31. The number of fused-ring (bicyclic) bond motifs is 2. The summed E-state index contributed by atoms with van der Waals surface area (Å²) in [6.45, 7) is 12.5. The van der Waals surface area contributed by atoms with Crippen LogP contribution in [0.2, 0.25) is 0 Å². The van der Waals surface area contributed by atoms with Crippen LogP contribution in [0.25, 0.3) is 0 Å². The first-order chi connectivity index (χ1) is 22.9. The van der Waals surface area contributed by atoms with E-state index >= 15 is 0 Å². The van der Waals surface area contributed by atoms with Gasteiger partial charge in [0.25, 0.3) is 0 Å². The number of oxime groups is 1. The van der Waals surface area contributed by atoms with Gasteiger partial charge < -0.3 is 38.9 Å². The Labute approximate surface area is 279 Å². The van der Waals surface area contributed by atoms with Crippen molar-refractivity contribution in [1.82, 2.24) is 4.90 Å². The molecule has 1 aromatic rings. The van der Waals surface area contributed by atoms with Crippen LogP contribution in [0.1, 0.15) is 62.8 Å². The van der Waals surface area contributed by atoms with Gasteiger partial charge in [-0.25, -0.2) is 4.79 Å². The molecular weight excluding hydrogens is 600 g/mol. The van der Waals surface area contributed by atoms with Gasteiger partial charge in [0.15, 0.2) is 0 Å². The van der Waals surface area contributed by atoms with Crippen LogP contribution in [0, 0.1) is 17.8 Å². The molecule has 0 bridgehead atoms. The number of nitrogens with zero attached hydrogens (tertiary/aromatic N) is 2. The number of hydrogen-bond donors (Lipinski definition) is 2. The maximum absolute atomic E-state index is 13.5. The van der Waals surface area contributed by atoms with E-state index in [0.29, 0.717) is 43.8 Å². The number of allylic oxidation sites excluding steroid dienone is 1. The van der Waals surface area contributed by atoms with Gasteiger partial charge in [0.2, 0.25) is 5.79 Å². The van der Waals surface area contributed by atoms with Crippen molar-refractivity contribution < 1.29 is 38.8 Å². The third-order valence-corrected chi connectivity index (χ3v) is 9.52. The Morgan fingerprint density at radius 2 is 1.83 bits per heavy atom. The fourth-order valence-corrected chi connectivity index (χ4v) is 7.54. The monoisotopic (exact) mass is 652 g/mol. The van der Waals surface area contributed by atoms with Crippen LogP contribution in [0.15, 0.2) is 73.0 Å². The lowest BCUT2D eigenvalue weighted by Crippen LogP contribution is -2.69. The molecule has 6 unspecified atom stereocenters. The molecule has 0 aromatic heterocycles. The standard InChI is InChI=1S/C37H52N2O8/c1-6-9-22-45-36(42)39(4)33-25-31(38-43-5)29-23-26(14-10-12-18-40)28(15-11-13-19-41)34-30-24-27(44-20-7-2)16-17-32(30)47-37(33,35(29)34)46-21-8-3/h6-8,16-17,23-24,26,28,33-35,40-41H,1-3,9-15,18-22,25H2,4-5H3. The Morgan fingerprint density at radius 3 is 2.51 bits per heavy atom. The zero-order valence-electron chi connectivity index (χ0n) is 28.0. The SMILES string of the molecule is C=CCCOC(=O)N(C)C1CC(=NOC)C2=CC(CCCCO)C(CCCCO)C3c4cc(OCC=C)ccc4OC1(OCC=C)C23. The van der Waals surface area contributed by atoms with E-state index in [0.717, 1.165) is 42.5 Å². The minimum Gasteiger partial charge on any atom is -0.490 e. The number of ether oxygens (including phenoxy) is 4. The smallest absolute Gasteiger partial charge is 0.409 e. The molecule has 258 valence electrons. The number of aliphatic hydroxyl groups is 2. The van der Waals surface area contributed by atoms with Crippen molar-refractivity contribution in [2.75, 3.05) is 47.2 Å². The Bertz CT molecular complexity index is 1290. The number of unbranched alkanes of at least 4 members (excludes halogenated alkanes) is 2. The molecule has 3 aliphatic rings. The highest BCUT2D eigenvalue weighted by Gasteiger charge is 2.65. The van der Waals surface area contributed by atoms with Crippen LogP contribution in [0.5, 0.6) is 11.5 Å². The molecule has 10 heteroatoms. The molecule has 47 heavy (non-hydrogen) atoms. The van der Waals surface area contributed by atoms with Crippen LogP contribution in [0.4, 0.5) is 4.79 Å². The molecule has 1 heterocycles. The zero-order valence-corrected chi connectivity index (χ0v) is 28.0. The highest BCUT2D eigenvalue weighted by molar-refractivity contribution is 6.02. The van der Waals surface area contributed by atoms with Gasteiger partial charge in [0.1, 0.15) is 31.3 Å². The summed E-state index contributed by atoms with van der Waals surface area (Å²) < 4.78 is 25.5. The molecule has 0 radical (unpaired) electrons. The summed E-state index contributed by atoms with van der Waals surface area (Å²) in [5.74, 6) is -0.171. The second kappa shape index (κ2) is 17.5. The van der Waals surface area contributed by atoms with E-state index in [4.69, 9.17) is 23.8 Å². The van der Waals surface area contributed by atoms with E-state index in [1.165, 1.54) is 7.11 Å². The summed E-state index contributed by atoms with van der Waals surface area (Å²) in [5.41, 5.74) is 2.69. The molecule has 10 nitrogen and oxygen atoms in total. The summed E-state index contributed by atoms with van der Waals surface area (Å²) in [6.07, 6.45) is 12.6. The van der Waals surface area contributed by atoms with Crippen molar-refractivity contribution in [3.8, 4) is 11.5 Å². The lowest BCUT2D eigenvalue weighted by molar-refractivity contribution is -0.253. The van der Waals surface area contributed by atoms with Crippen LogP contribution in [-0.4, -0.2) is 85.9 Å². The van der Waals surface area contributed by atoms with Crippen LogP contribution in [0.3, 0.4) is 0 Å². The average molecular weight is 653 g/mol. The number of carbonyl (C=O) groups excluding carboxylic acids is 1. The lowest BCUT2D eigenvalue weighted by atomic mass is 9.55. The molecule has 6 atom stereocenters. The fourth-order valence-electron chi connectivity index (χ4n) is 7.54. The summed E-state index contributed by atoms with van der Waals surface area (Å²) in [5, 5.41) is 23.9. The normalized spacial score (nSPS) is 26.6. The molecule has 1 fully saturated rings. The van der Waals surface area contributed by atoms with Gasteiger partial charge in [-0.3, -0.25) is 0 Å². The highest BCUT2D eigenvalue weighted by Crippen LogP contribution is 2.61. The van der Waals surface area contributed by atoms with Crippen molar-refractivity contribution >= 4 is 11.8 Å². The largest absolute Gasteiger partial charge is 0.490 e. The Balaban J connectivity index is 1.96. The van der Waals surface area contributed by atoms with Gasteiger partial charge >= 0.3 is 6.09 Å². The molecule has 1 amide bonds. The van der Waals surface area contributed by atoms with Crippen LogP contribution in [-0.2, 0) is 14.3 Å². The number of carbonyl (C=O) groups is 1. The third kappa shape index (κ3) is 7.93. The van der Waals surface area contributed by atoms with Crippen molar-refractivity contribution in [3.63, 3.8) is 0 Å². The number of hydrogen-bond acceptors (Lipinski definition) is 9. The van der Waals surface area contributed by atoms with Crippen molar-refractivity contribution in [2.24, 2.45) is 22.9 Å². The Hall–Kier alpha value is -3.60. The molecule has 0 spiro atoms. The van der Waals surface area contributed by atoms with Gasteiger partial charge in [0, 0.05) is 38.2 Å². The van der Waals surface area contributed by atoms with E-state index in [-0.39, 0.29) is 50.1 Å². The minimum absolute atomic E-state index is 0.119. The third-order valence-electron chi connectivity index (χ3n) is 9.52. The number of amides is 1. The topological polar surface area (TPSA) is 119 Å². The Morgan fingerprint density at radius 1 is 1.09 bits per heavy atom. The van der Waals surface area contributed by atoms with Crippen molar-refractivity contribution in [1.29, 1.82) is 0 Å². The lowest BCUT2D eigenvalue weighted by Gasteiger charge is -2.59.